The molecule has 4 nitrogen and oxygen atoms in total. The number of aryl methyl sites for hydroxylation is 2. The minimum atomic E-state index is -1.23. The third-order valence-electron chi connectivity index (χ3n) is 3.46. The van der Waals surface area contributed by atoms with Gasteiger partial charge in [-0.05, 0) is 62.1 Å². The summed E-state index contributed by atoms with van der Waals surface area (Å²) in [6.07, 6.45) is 1.80. The molecular formula is C18H21NO3. The van der Waals surface area contributed by atoms with Gasteiger partial charge in [-0.1, -0.05) is 24.3 Å². The van der Waals surface area contributed by atoms with Crippen LogP contribution in [0.15, 0.2) is 48.5 Å². The maximum absolute atomic E-state index is 11.0. The van der Waals surface area contributed by atoms with Gasteiger partial charge < -0.3 is 15.6 Å². The van der Waals surface area contributed by atoms with Crippen LogP contribution in [-0.4, -0.2) is 16.7 Å². The fourth-order valence-electron chi connectivity index (χ4n) is 2.10. The topological polar surface area (TPSA) is 72.5 Å². The Hall–Kier alpha value is -2.49. The summed E-state index contributed by atoms with van der Waals surface area (Å²) in [7, 11) is 0. The average Bonchev–Trinajstić information content (AvgIpc) is 2.46. The molecule has 2 rings (SSSR count). The number of rotatable bonds is 6. The van der Waals surface area contributed by atoms with Gasteiger partial charge in [0.2, 0.25) is 0 Å². The molecule has 3 N–H and O–H groups in total. The number of nitrogens with two attached hydrogens (primary N) is 1. The number of anilines is 1. The van der Waals surface area contributed by atoms with Crippen molar-refractivity contribution in [3.05, 3.63) is 59.7 Å². The zero-order valence-corrected chi connectivity index (χ0v) is 12.9. The van der Waals surface area contributed by atoms with Gasteiger partial charge in [-0.3, -0.25) is 0 Å². The molecule has 0 fully saturated rings. The van der Waals surface area contributed by atoms with Gasteiger partial charge >= 0.3 is 5.97 Å². The van der Waals surface area contributed by atoms with Gasteiger partial charge in [0.1, 0.15) is 5.75 Å². The van der Waals surface area contributed by atoms with Crippen LogP contribution < -0.4 is 10.5 Å². The van der Waals surface area contributed by atoms with Crippen molar-refractivity contribution in [2.24, 2.45) is 0 Å². The summed E-state index contributed by atoms with van der Waals surface area (Å²) in [6.45, 7) is 3.06. The van der Waals surface area contributed by atoms with Gasteiger partial charge in [0.15, 0.2) is 5.60 Å². The van der Waals surface area contributed by atoms with Gasteiger partial charge in [-0.25, -0.2) is 4.79 Å². The van der Waals surface area contributed by atoms with Crippen LogP contribution in [0.4, 0.5) is 5.69 Å². The highest BCUT2D eigenvalue weighted by molar-refractivity contribution is 5.76. The van der Waals surface area contributed by atoms with E-state index in [4.69, 9.17) is 15.6 Å². The van der Waals surface area contributed by atoms with E-state index in [1.165, 1.54) is 25.0 Å². The fraction of sp³-hybridized carbons (Fsp3) is 0.278. The molecule has 2 aromatic rings. The van der Waals surface area contributed by atoms with Crippen molar-refractivity contribution >= 4 is 11.7 Å². The monoisotopic (exact) mass is 299 g/mol. The Bertz CT molecular complexity index is 648. The molecule has 0 spiro atoms. The zero-order valence-electron chi connectivity index (χ0n) is 12.9. The number of hydrogen-bond acceptors (Lipinski definition) is 3. The minimum Gasteiger partial charge on any atom is -0.478 e. The molecule has 4 heteroatoms. The molecule has 0 amide bonds. The first-order valence-electron chi connectivity index (χ1n) is 7.22. The number of nitrogen functional groups attached to an aromatic ring is 1. The van der Waals surface area contributed by atoms with Crippen LogP contribution in [0.25, 0.3) is 0 Å². The van der Waals surface area contributed by atoms with Crippen LogP contribution >= 0.6 is 0 Å². The van der Waals surface area contributed by atoms with E-state index in [1.807, 2.05) is 30.3 Å². The van der Waals surface area contributed by atoms with Crippen molar-refractivity contribution in [1.82, 2.24) is 0 Å². The molecule has 0 unspecified atom stereocenters. The number of carbonyl (C=O) groups is 1. The molecule has 0 aliphatic carbocycles. The number of benzene rings is 2. The Morgan fingerprint density at radius 2 is 1.73 bits per heavy atom. The summed E-state index contributed by atoms with van der Waals surface area (Å²) in [5.74, 6) is -0.432. The molecule has 0 aliphatic heterocycles. The molecule has 0 bridgehead atoms. The molecule has 116 valence electrons. The number of hydrogen-bond donors (Lipinski definition) is 2. The van der Waals surface area contributed by atoms with Crippen molar-refractivity contribution in [3.8, 4) is 5.75 Å². The van der Waals surface area contributed by atoms with Crippen LogP contribution in [0.5, 0.6) is 5.75 Å². The molecule has 2 aromatic carbocycles. The SMILES string of the molecule is CC(C)(Oc1ccc(CCc2cccc(N)c2)cc1)C(=O)O. The lowest BCUT2D eigenvalue weighted by Crippen LogP contribution is -2.37. The van der Waals surface area contributed by atoms with Crippen LogP contribution in [0.3, 0.4) is 0 Å². The second-order valence-electron chi connectivity index (χ2n) is 5.81. The minimum absolute atomic E-state index is 0.556. The van der Waals surface area contributed by atoms with E-state index in [2.05, 4.69) is 6.07 Å². The molecule has 0 heterocycles. The van der Waals surface area contributed by atoms with Crippen LogP contribution in [0.1, 0.15) is 25.0 Å². The first-order chi connectivity index (χ1) is 10.4. The Labute approximate surface area is 130 Å². The third kappa shape index (κ3) is 4.25. The van der Waals surface area contributed by atoms with Crippen LogP contribution in [-0.2, 0) is 17.6 Å². The Balaban J connectivity index is 1.96. The van der Waals surface area contributed by atoms with Gasteiger partial charge in [0.05, 0.1) is 0 Å². The van der Waals surface area contributed by atoms with E-state index in [0.717, 1.165) is 18.5 Å². The Morgan fingerprint density at radius 1 is 1.09 bits per heavy atom. The van der Waals surface area contributed by atoms with E-state index in [1.54, 1.807) is 12.1 Å². The van der Waals surface area contributed by atoms with E-state index >= 15 is 0 Å². The predicted octanol–water partition coefficient (Wildman–Crippen LogP) is 3.30. The number of carboxylic acid groups (broad SMARTS) is 1. The zero-order chi connectivity index (χ0) is 16.2. The maximum atomic E-state index is 11.0. The molecule has 0 atom stereocenters. The van der Waals surface area contributed by atoms with Crippen molar-refractivity contribution < 1.29 is 14.6 Å². The standard InChI is InChI=1S/C18H21NO3/c1-18(2,17(20)21)22-16-10-8-13(9-11-16)6-7-14-4-3-5-15(19)12-14/h3-5,8-12H,6-7,19H2,1-2H3,(H,20,21). The summed E-state index contributed by atoms with van der Waals surface area (Å²) in [4.78, 5) is 11.0. The lowest BCUT2D eigenvalue weighted by atomic mass is 10.0. The fourth-order valence-corrected chi connectivity index (χ4v) is 2.10. The highest BCUT2D eigenvalue weighted by Gasteiger charge is 2.29. The molecular weight excluding hydrogens is 278 g/mol. The van der Waals surface area contributed by atoms with E-state index in [-0.39, 0.29) is 0 Å². The molecule has 0 aromatic heterocycles. The highest BCUT2D eigenvalue weighted by atomic mass is 16.5. The van der Waals surface area contributed by atoms with Gasteiger partial charge in [0.25, 0.3) is 0 Å². The molecule has 0 saturated heterocycles. The summed E-state index contributed by atoms with van der Waals surface area (Å²) >= 11 is 0. The number of ether oxygens (including phenoxy) is 1. The van der Waals surface area contributed by atoms with Crippen molar-refractivity contribution in [1.29, 1.82) is 0 Å². The smallest absolute Gasteiger partial charge is 0.347 e. The lowest BCUT2D eigenvalue weighted by molar-refractivity contribution is -0.152. The Kier molecular flexibility index (Phi) is 4.71. The average molecular weight is 299 g/mol. The van der Waals surface area contributed by atoms with Gasteiger partial charge in [0, 0.05) is 5.69 Å². The molecule has 0 saturated carbocycles. The van der Waals surface area contributed by atoms with Gasteiger partial charge in [-0.15, -0.1) is 0 Å². The van der Waals surface area contributed by atoms with Crippen molar-refractivity contribution in [2.75, 3.05) is 5.73 Å². The van der Waals surface area contributed by atoms with E-state index in [9.17, 15) is 4.79 Å². The first kappa shape index (κ1) is 15.9. The number of carboxylic acids is 1. The first-order valence-corrected chi connectivity index (χ1v) is 7.22. The Morgan fingerprint density at radius 3 is 2.32 bits per heavy atom. The molecule has 0 aliphatic rings. The third-order valence-corrected chi connectivity index (χ3v) is 3.46. The summed E-state index contributed by atoms with van der Waals surface area (Å²) < 4.78 is 5.48. The lowest BCUT2D eigenvalue weighted by Gasteiger charge is -2.21. The quantitative estimate of drug-likeness (QED) is 0.803. The van der Waals surface area contributed by atoms with Crippen LogP contribution in [0, 0.1) is 0 Å². The normalized spacial score (nSPS) is 11.2. The maximum Gasteiger partial charge on any atom is 0.347 e. The van der Waals surface area contributed by atoms with Crippen LogP contribution in [0.2, 0.25) is 0 Å². The highest BCUT2D eigenvalue weighted by Crippen LogP contribution is 2.20. The summed E-state index contributed by atoms with van der Waals surface area (Å²) in [5, 5.41) is 9.05. The largest absolute Gasteiger partial charge is 0.478 e. The predicted molar refractivity (Wildman–Crippen MR) is 87.0 cm³/mol. The second-order valence-corrected chi connectivity index (χ2v) is 5.81. The summed E-state index contributed by atoms with van der Waals surface area (Å²) in [5.41, 5.74) is 7.68. The van der Waals surface area contributed by atoms with Gasteiger partial charge in [-0.2, -0.15) is 0 Å². The van der Waals surface area contributed by atoms with E-state index in [0.29, 0.717) is 5.75 Å². The van der Waals surface area contributed by atoms with E-state index < -0.39 is 11.6 Å². The second kappa shape index (κ2) is 6.52. The summed E-state index contributed by atoms with van der Waals surface area (Å²) in [6, 6.07) is 15.4. The number of aliphatic carboxylic acids is 1. The van der Waals surface area contributed by atoms with Crippen molar-refractivity contribution in [2.45, 2.75) is 32.3 Å². The van der Waals surface area contributed by atoms with Crippen molar-refractivity contribution in [3.63, 3.8) is 0 Å². The molecule has 22 heavy (non-hydrogen) atoms. The molecule has 0 radical (unpaired) electrons.